The van der Waals surface area contributed by atoms with Crippen molar-refractivity contribution in [3.8, 4) is 0 Å². The van der Waals surface area contributed by atoms with Crippen molar-refractivity contribution in [1.82, 2.24) is 4.98 Å². The van der Waals surface area contributed by atoms with Crippen molar-refractivity contribution < 1.29 is 9.18 Å². The molecule has 88 valence electrons. The number of hydrogen-bond acceptors (Lipinski definition) is 3. The number of aromatic nitrogens is 1. The summed E-state index contributed by atoms with van der Waals surface area (Å²) in [4.78, 5) is 16.0. The third-order valence-corrected chi connectivity index (χ3v) is 3.78. The lowest BCUT2D eigenvalue weighted by atomic mass is 10.1. The highest BCUT2D eigenvalue weighted by Gasteiger charge is 2.12. The van der Waals surface area contributed by atoms with Crippen LogP contribution in [0.25, 0.3) is 0 Å². The summed E-state index contributed by atoms with van der Waals surface area (Å²) < 4.78 is 13.5. The van der Waals surface area contributed by atoms with E-state index in [-0.39, 0.29) is 18.0 Å². The summed E-state index contributed by atoms with van der Waals surface area (Å²) in [5.41, 5.74) is 1.24. The van der Waals surface area contributed by atoms with Gasteiger partial charge in [0.25, 0.3) is 0 Å². The number of carbonyl (C=O) groups excluding carboxylic acids is 1. The number of carbonyl (C=O) groups is 1. The maximum Gasteiger partial charge on any atom is 0.186 e. The molecule has 0 radical (unpaired) electrons. The van der Waals surface area contributed by atoms with Gasteiger partial charge in [0.15, 0.2) is 5.78 Å². The molecule has 0 N–H and O–H groups in total. The van der Waals surface area contributed by atoms with Crippen LogP contribution in [0.2, 0.25) is 0 Å². The van der Waals surface area contributed by atoms with Crippen LogP contribution in [0.5, 0.6) is 0 Å². The highest BCUT2D eigenvalue weighted by molar-refractivity contribution is 9.10. The standard InChI is InChI=1S/C12H9BrFNOS/c1-7-15-11(6-17-7)12(16)4-8-2-3-9(14)5-10(8)13/h2-3,5-6H,4H2,1H3. The normalized spacial score (nSPS) is 10.5. The van der Waals surface area contributed by atoms with Crippen LogP contribution in [0.15, 0.2) is 28.1 Å². The second kappa shape index (κ2) is 5.06. The van der Waals surface area contributed by atoms with E-state index in [4.69, 9.17) is 0 Å². The van der Waals surface area contributed by atoms with Crippen molar-refractivity contribution in [1.29, 1.82) is 0 Å². The second-order valence-electron chi connectivity index (χ2n) is 3.59. The van der Waals surface area contributed by atoms with E-state index < -0.39 is 0 Å². The van der Waals surface area contributed by atoms with E-state index in [9.17, 15) is 9.18 Å². The fourth-order valence-electron chi connectivity index (χ4n) is 1.42. The van der Waals surface area contributed by atoms with E-state index >= 15 is 0 Å². The number of halogens is 2. The first-order chi connectivity index (χ1) is 8.06. The summed E-state index contributed by atoms with van der Waals surface area (Å²) >= 11 is 4.69. The van der Waals surface area contributed by atoms with Gasteiger partial charge in [-0.3, -0.25) is 4.79 Å². The predicted octanol–water partition coefficient (Wildman–Crippen LogP) is 3.78. The van der Waals surface area contributed by atoms with Gasteiger partial charge in [0.1, 0.15) is 11.5 Å². The molecule has 17 heavy (non-hydrogen) atoms. The van der Waals surface area contributed by atoms with Crippen LogP contribution in [-0.4, -0.2) is 10.8 Å². The molecule has 0 amide bonds. The van der Waals surface area contributed by atoms with Crippen molar-refractivity contribution in [3.05, 3.63) is 50.1 Å². The molecule has 0 saturated carbocycles. The fourth-order valence-corrected chi connectivity index (χ4v) is 2.53. The summed E-state index contributed by atoms with van der Waals surface area (Å²) in [5, 5.41) is 2.61. The minimum absolute atomic E-state index is 0.0540. The number of ketones is 1. The first kappa shape index (κ1) is 12.4. The van der Waals surface area contributed by atoms with Crippen LogP contribution in [-0.2, 0) is 6.42 Å². The van der Waals surface area contributed by atoms with Crippen molar-refractivity contribution in [2.24, 2.45) is 0 Å². The quantitative estimate of drug-likeness (QED) is 0.807. The molecule has 2 aromatic rings. The zero-order chi connectivity index (χ0) is 12.4. The van der Waals surface area contributed by atoms with Gasteiger partial charge in [-0.05, 0) is 24.6 Å². The van der Waals surface area contributed by atoms with E-state index in [1.807, 2.05) is 6.92 Å². The first-order valence-corrected chi connectivity index (χ1v) is 6.63. The minimum atomic E-state index is -0.322. The highest BCUT2D eigenvalue weighted by Crippen LogP contribution is 2.20. The van der Waals surface area contributed by atoms with Crippen LogP contribution in [0, 0.1) is 12.7 Å². The highest BCUT2D eigenvalue weighted by atomic mass is 79.9. The number of aryl methyl sites for hydroxylation is 1. The number of thiazole rings is 1. The molecule has 0 spiro atoms. The Morgan fingerprint density at radius 2 is 2.29 bits per heavy atom. The van der Waals surface area contributed by atoms with Gasteiger partial charge in [0, 0.05) is 16.3 Å². The zero-order valence-electron chi connectivity index (χ0n) is 9.04. The lowest BCUT2D eigenvalue weighted by Crippen LogP contribution is -2.04. The van der Waals surface area contributed by atoms with Gasteiger partial charge < -0.3 is 0 Å². The minimum Gasteiger partial charge on any atom is -0.292 e. The Balaban J connectivity index is 2.18. The van der Waals surface area contributed by atoms with Crippen molar-refractivity contribution in [2.45, 2.75) is 13.3 Å². The Morgan fingerprint density at radius 3 is 2.88 bits per heavy atom. The maximum absolute atomic E-state index is 12.9. The van der Waals surface area contributed by atoms with Gasteiger partial charge >= 0.3 is 0 Å². The summed E-state index contributed by atoms with van der Waals surface area (Å²) in [6.45, 7) is 1.86. The molecule has 2 rings (SSSR count). The van der Waals surface area contributed by atoms with E-state index in [0.29, 0.717) is 10.2 Å². The average Bonchev–Trinajstić information content (AvgIpc) is 2.69. The molecule has 0 unspecified atom stereocenters. The lowest BCUT2D eigenvalue weighted by molar-refractivity contribution is 0.0988. The molecule has 1 heterocycles. The van der Waals surface area contributed by atoms with Crippen LogP contribution >= 0.6 is 27.3 Å². The van der Waals surface area contributed by atoms with Crippen LogP contribution in [0.1, 0.15) is 21.1 Å². The monoisotopic (exact) mass is 313 g/mol. The van der Waals surface area contributed by atoms with Crippen LogP contribution < -0.4 is 0 Å². The Hall–Kier alpha value is -1.07. The summed E-state index contributed by atoms with van der Waals surface area (Å²) in [5.74, 6) is -0.376. The average molecular weight is 314 g/mol. The molecule has 0 bridgehead atoms. The molecule has 0 fully saturated rings. The van der Waals surface area contributed by atoms with Gasteiger partial charge in [-0.15, -0.1) is 11.3 Å². The van der Waals surface area contributed by atoms with Crippen molar-refractivity contribution >= 4 is 33.0 Å². The second-order valence-corrected chi connectivity index (χ2v) is 5.50. The molecular weight excluding hydrogens is 305 g/mol. The fraction of sp³-hybridized carbons (Fsp3) is 0.167. The van der Waals surface area contributed by atoms with Gasteiger partial charge in [0.2, 0.25) is 0 Å². The third kappa shape index (κ3) is 2.98. The van der Waals surface area contributed by atoms with E-state index in [1.54, 1.807) is 11.4 Å². The summed E-state index contributed by atoms with van der Waals surface area (Å²) in [7, 11) is 0. The third-order valence-electron chi connectivity index (χ3n) is 2.27. The van der Waals surface area contributed by atoms with Crippen molar-refractivity contribution in [2.75, 3.05) is 0 Å². The number of nitrogens with zero attached hydrogens (tertiary/aromatic N) is 1. The Labute approximate surface area is 111 Å². The maximum atomic E-state index is 12.9. The number of rotatable bonds is 3. The van der Waals surface area contributed by atoms with E-state index in [1.165, 1.54) is 23.5 Å². The topological polar surface area (TPSA) is 30.0 Å². The Morgan fingerprint density at radius 1 is 1.53 bits per heavy atom. The van der Waals surface area contributed by atoms with Gasteiger partial charge in [-0.25, -0.2) is 9.37 Å². The largest absolute Gasteiger partial charge is 0.292 e. The Kier molecular flexibility index (Phi) is 3.69. The molecule has 1 aromatic heterocycles. The van der Waals surface area contributed by atoms with E-state index in [0.717, 1.165) is 10.6 Å². The van der Waals surface area contributed by atoms with Gasteiger partial charge in [-0.1, -0.05) is 22.0 Å². The molecule has 0 aliphatic heterocycles. The summed E-state index contributed by atoms with van der Waals surface area (Å²) in [6, 6.07) is 4.31. The first-order valence-electron chi connectivity index (χ1n) is 4.95. The molecule has 0 aliphatic carbocycles. The molecular formula is C12H9BrFNOS. The zero-order valence-corrected chi connectivity index (χ0v) is 11.4. The molecule has 5 heteroatoms. The molecule has 0 atom stereocenters. The van der Waals surface area contributed by atoms with Crippen LogP contribution in [0.4, 0.5) is 4.39 Å². The van der Waals surface area contributed by atoms with Gasteiger partial charge in [-0.2, -0.15) is 0 Å². The number of Topliss-reactive ketones (excluding diaryl/α,β-unsaturated/α-hetero) is 1. The predicted molar refractivity (Wildman–Crippen MR) is 69.0 cm³/mol. The van der Waals surface area contributed by atoms with Gasteiger partial charge in [0.05, 0.1) is 5.01 Å². The van der Waals surface area contributed by atoms with Crippen LogP contribution in [0.3, 0.4) is 0 Å². The van der Waals surface area contributed by atoms with E-state index in [2.05, 4.69) is 20.9 Å². The Bertz CT molecular complexity index is 567. The smallest absolute Gasteiger partial charge is 0.186 e. The molecule has 0 saturated heterocycles. The SMILES string of the molecule is Cc1nc(C(=O)Cc2ccc(F)cc2Br)cs1. The van der Waals surface area contributed by atoms with Crippen molar-refractivity contribution in [3.63, 3.8) is 0 Å². The number of benzene rings is 1. The molecule has 2 nitrogen and oxygen atoms in total. The molecule has 0 aliphatic rings. The molecule has 1 aromatic carbocycles. The summed E-state index contributed by atoms with van der Waals surface area (Å²) in [6.07, 6.45) is 0.226. The number of hydrogen-bond donors (Lipinski definition) is 0. The lowest BCUT2D eigenvalue weighted by Gasteiger charge is -2.02.